The highest BCUT2D eigenvalue weighted by Gasteiger charge is 2.49. The predicted molar refractivity (Wildman–Crippen MR) is 60.2 cm³/mol. The fraction of sp³-hybridized carbons (Fsp3) is 0.900. The molecule has 0 aromatic heterocycles. The molecular weight excluding hydrogens is 207 g/mol. The minimum absolute atomic E-state index is 0.0648. The van der Waals surface area contributed by atoms with E-state index in [0.29, 0.717) is 13.0 Å². The van der Waals surface area contributed by atoms with Crippen LogP contribution in [-0.4, -0.2) is 46.5 Å². The number of rotatable bonds is 3. The van der Waals surface area contributed by atoms with E-state index in [9.17, 15) is 14.8 Å². The highest BCUT2D eigenvalue weighted by atomic mass is 16.4. The van der Waals surface area contributed by atoms with Crippen molar-refractivity contribution in [1.82, 2.24) is 4.90 Å². The summed E-state index contributed by atoms with van der Waals surface area (Å²) in [6.07, 6.45) is 3.44. The second-order valence-corrected chi connectivity index (χ2v) is 5.29. The lowest BCUT2D eigenvalue weighted by atomic mass is 9.77. The Hall–Kier alpha value is -0.585. The lowest BCUT2D eigenvalue weighted by Gasteiger charge is -2.29. The maximum absolute atomic E-state index is 12.1. The lowest BCUT2D eigenvalue weighted by Crippen LogP contribution is -2.53. The number of nitrogens with zero attached hydrogens (tertiary/aromatic N) is 1. The summed E-state index contributed by atoms with van der Waals surface area (Å²) in [5.74, 6) is -0.600. The van der Waals surface area contributed by atoms with Gasteiger partial charge in [-0.3, -0.25) is 4.79 Å². The van der Waals surface area contributed by atoms with Crippen molar-refractivity contribution in [2.75, 3.05) is 6.54 Å². The predicted octanol–water partition coefficient (Wildman–Crippen LogP) is -0.883. The summed E-state index contributed by atoms with van der Waals surface area (Å²) < 4.78 is 0. The summed E-state index contributed by atoms with van der Waals surface area (Å²) in [7, 11) is -1.45. The van der Waals surface area contributed by atoms with Gasteiger partial charge in [-0.05, 0) is 31.1 Å². The molecule has 0 radical (unpaired) electrons. The van der Waals surface area contributed by atoms with Gasteiger partial charge in [-0.1, -0.05) is 6.92 Å². The maximum atomic E-state index is 12.1. The highest BCUT2D eigenvalue weighted by molar-refractivity contribution is 6.43. The molecule has 0 bridgehead atoms. The molecule has 1 saturated heterocycles. The monoisotopic (exact) mass is 226 g/mol. The van der Waals surface area contributed by atoms with Gasteiger partial charge in [-0.25, -0.2) is 0 Å². The smallest absolute Gasteiger partial charge is 0.426 e. The molecule has 1 aliphatic heterocycles. The van der Waals surface area contributed by atoms with Gasteiger partial charge in [0.15, 0.2) is 0 Å². The molecule has 16 heavy (non-hydrogen) atoms. The fourth-order valence-electron chi connectivity index (χ4n) is 2.36. The molecule has 4 N–H and O–H groups in total. The van der Waals surface area contributed by atoms with Crippen LogP contribution < -0.4 is 5.73 Å². The zero-order chi connectivity index (χ0) is 11.9. The van der Waals surface area contributed by atoms with E-state index in [-0.39, 0.29) is 11.3 Å². The van der Waals surface area contributed by atoms with E-state index < -0.39 is 19.1 Å². The Morgan fingerprint density at radius 3 is 2.69 bits per heavy atom. The zero-order valence-electron chi connectivity index (χ0n) is 9.59. The highest BCUT2D eigenvalue weighted by Crippen LogP contribution is 2.48. The van der Waals surface area contributed by atoms with Crippen LogP contribution in [-0.2, 0) is 4.79 Å². The first-order chi connectivity index (χ1) is 7.46. The SMILES string of the molecule is CC1([C@@H](N)C(=O)N2CCC[C@H]2B(O)O)CC1. The first kappa shape index (κ1) is 11.9. The summed E-state index contributed by atoms with van der Waals surface area (Å²) in [5.41, 5.74) is 5.88. The minimum atomic E-state index is -1.45. The summed E-state index contributed by atoms with van der Waals surface area (Å²) >= 11 is 0. The summed E-state index contributed by atoms with van der Waals surface area (Å²) in [5, 5.41) is 18.4. The van der Waals surface area contributed by atoms with Crippen LogP contribution >= 0.6 is 0 Å². The number of nitrogens with two attached hydrogens (primary N) is 1. The molecule has 2 fully saturated rings. The van der Waals surface area contributed by atoms with E-state index in [1.54, 1.807) is 4.90 Å². The first-order valence-electron chi connectivity index (χ1n) is 5.88. The van der Waals surface area contributed by atoms with Crippen LogP contribution in [0.5, 0.6) is 0 Å². The Kier molecular flexibility index (Phi) is 2.98. The van der Waals surface area contributed by atoms with E-state index in [2.05, 4.69) is 0 Å². The Bertz CT molecular complexity index is 294. The molecule has 0 unspecified atom stereocenters. The third-order valence-corrected chi connectivity index (χ3v) is 3.98. The van der Waals surface area contributed by atoms with Gasteiger partial charge < -0.3 is 20.7 Å². The Morgan fingerprint density at radius 2 is 2.19 bits per heavy atom. The fourth-order valence-corrected chi connectivity index (χ4v) is 2.36. The average Bonchev–Trinajstić information content (AvgIpc) is 2.83. The zero-order valence-corrected chi connectivity index (χ0v) is 9.59. The lowest BCUT2D eigenvalue weighted by molar-refractivity contribution is -0.134. The van der Waals surface area contributed by atoms with Crippen molar-refractivity contribution in [2.45, 2.75) is 44.6 Å². The number of carbonyl (C=O) groups excluding carboxylic acids is 1. The van der Waals surface area contributed by atoms with Crippen molar-refractivity contribution in [2.24, 2.45) is 11.1 Å². The van der Waals surface area contributed by atoms with Gasteiger partial charge >= 0.3 is 7.12 Å². The molecule has 1 amide bonds. The van der Waals surface area contributed by atoms with E-state index in [0.717, 1.165) is 19.3 Å². The van der Waals surface area contributed by atoms with Crippen LogP contribution in [0.15, 0.2) is 0 Å². The van der Waals surface area contributed by atoms with Crippen LogP contribution in [0, 0.1) is 5.41 Å². The Labute approximate surface area is 95.8 Å². The van der Waals surface area contributed by atoms with Crippen molar-refractivity contribution >= 4 is 13.0 Å². The van der Waals surface area contributed by atoms with Gasteiger partial charge in [0.05, 0.1) is 12.0 Å². The van der Waals surface area contributed by atoms with Gasteiger partial charge in [0, 0.05) is 6.54 Å². The molecule has 5 nitrogen and oxygen atoms in total. The van der Waals surface area contributed by atoms with E-state index >= 15 is 0 Å². The molecule has 0 aromatic carbocycles. The normalized spacial score (nSPS) is 29.0. The Balaban J connectivity index is 2.03. The largest absolute Gasteiger partial charge is 0.475 e. The third kappa shape index (κ3) is 1.97. The van der Waals surface area contributed by atoms with E-state index in [4.69, 9.17) is 5.73 Å². The van der Waals surface area contributed by atoms with Gasteiger partial charge in [0.25, 0.3) is 0 Å². The van der Waals surface area contributed by atoms with Crippen molar-refractivity contribution in [1.29, 1.82) is 0 Å². The summed E-state index contributed by atoms with van der Waals surface area (Å²) in [6, 6.07) is -0.494. The molecule has 2 aliphatic rings. The van der Waals surface area contributed by atoms with E-state index in [1.165, 1.54) is 0 Å². The summed E-state index contributed by atoms with van der Waals surface area (Å²) in [6.45, 7) is 2.60. The Morgan fingerprint density at radius 1 is 1.56 bits per heavy atom. The number of hydrogen-bond acceptors (Lipinski definition) is 4. The molecular formula is C10H19BN2O3. The van der Waals surface area contributed by atoms with Gasteiger partial charge in [-0.15, -0.1) is 0 Å². The van der Waals surface area contributed by atoms with Crippen molar-refractivity contribution in [3.8, 4) is 0 Å². The molecule has 1 heterocycles. The minimum Gasteiger partial charge on any atom is -0.426 e. The molecule has 0 aromatic rings. The number of carbonyl (C=O) groups is 1. The van der Waals surface area contributed by atoms with E-state index in [1.807, 2.05) is 6.92 Å². The molecule has 2 rings (SSSR count). The second kappa shape index (κ2) is 4.02. The molecule has 2 atom stereocenters. The molecule has 6 heteroatoms. The second-order valence-electron chi connectivity index (χ2n) is 5.29. The quantitative estimate of drug-likeness (QED) is 0.545. The third-order valence-electron chi connectivity index (χ3n) is 3.98. The first-order valence-corrected chi connectivity index (χ1v) is 5.88. The van der Waals surface area contributed by atoms with Gasteiger partial charge in [0.2, 0.25) is 5.91 Å². The number of hydrogen-bond donors (Lipinski definition) is 3. The maximum Gasteiger partial charge on any atom is 0.475 e. The van der Waals surface area contributed by atoms with Crippen LogP contribution in [0.4, 0.5) is 0 Å². The van der Waals surface area contributed by atoms with Crippen molar-refractivity contribution in [3.63, 3.8) is 0 Å². The van der Waals surface area contributed by atoms with Crippen molar-refractivity contribution in [3.05, 3.63) is 0 Å². The van der Waals surface area contributed by atoms with Crippen LogP contribution in [0.25, 0.3) is 0 Å². The topological polar surface area (TPSA) is 86.8 Å². The molecule has 1 aliphatic carbocycles. The molecule has 1 saturated carbocycles. The van der Waals surface area contributed by atoms with Crippen LogP contribution in [0.1, 0.15) is 32.6 Å². The molecule has 0 spiro atoms. The average molecular weight is 226 g/mol. The number of amides is 1. The van der Waals surface area contributed by atoms with Gasteiger partial charge in [0.1, 0.15) is 0 Å². The van der Waals surface area contributed by atoms with Crippen LogP contribution in [0.3, 0.4) is 0 Å². The summed E-state index contributed by atoms with van der Waals surface area (Å²) in [4.78, 5) is 13.7. The standard InChI is InChI=1S/C10H19BN2O3/c1-10(4-5-10)8(12)9(14)13-6-2-3-7(13)11(15)16/h7-8,15-16H,2-6,12H2,1H3/t7-,8-/m0/s1. The molecule has 90 valence electrons. The van der Waals surface area contributed by atoms with Gasteiger partial charge in [-0.2, -0.15) is 0 Å². The number of likely N-dealkylation sites (tertiary alicyclic amines) is 1. The van der Waals surface area contributed by atoms with Crippen molar-refractivity contribution < 1.29 is 14.8 Å². The van der Waals surface area contributed by atoms with Crippen LogP contribution in [0.2, 0.25) is 0 Å².